The van der Waals surface area contributed by atoms with Crippen molar-refractivity contribution >= 4 is 27.3 Å². The SMILES string of the molecule is CCC(NCc1cc(Br)ccc1OC(F)F)c1cccs1. The summed E-state index contributed by atoms with van der Waals surface area (Å²) in [4.78, 5) is 1.24. The van der Waals surface area contributed by atoms with E-state index < -0.39 is 6.61 Å². The summed E-state index contributed by atoms with van der Waals surface area (Å²) < 4.78 is 30.3. The van der Waals surface area contributed by atoms with Gasteiger partial charge in [0.15, 0.2) is 0 Å². The van der Waals surface area contributed by atoms with Gasteiger partial charge in [0.25, 0.3) is 0 Å². The molecule has 1 aromatic carbocycles. The topological polar surface area (TPSA) is 21.3 Å². The van der Waals surface area contributed by atoms with Crippen molar-refractivity contribution in [2.45, 2.75) is 32.5 Å². The highest BCUT2D eigenvalue weighted by Crippen LogP contribution is 2.27. The smallest absolute Gasteiger partial charge is 0.387 e. The van der Waals surface area contributed by atoms with Crippen molar-refractivity contribution in [2.75, 3.05) is 0 Å². The van der Waals surface area contributed by atoms with Crippen LogP contribution in [0.2, 0.25) is 0 Å². The molecule has 0 aliphatic heterocycles. The molecule has 0 amide bonds. The van der Waals surface area contributed by atoms with Crippen LogP contribution < -0.4 is 10.1 Å². The van der Waals surface area contributed by atoms with E-state index in [4.69, 9.17) is 0 Å². The molecular weight excluding hydrogens is 360 g/mol. The third-order valence-electron chi connectivity index (χ3n) is 3.07. The minimum atomic E-state index is -2.82. The number of alkyl halides is 2. The number of rotatable bonds is 7. The molecule has 2 aromatic rings. The van der Waals surface area contributed by atoms with Gasteiger partial charge in [0.1, 0.15) is 5.75 Å². The number of hydrogen-bond acceptors (Lipinski definition) is 3. The fourth-order valence-corrected chi connectivity index (χ4v) is 3.36. The van der Waals surface area contributed by atoms with E-state index in [0.29, 0.717) is 12.1 Å². The van der Waals surface area contributed by atoms with Crippen molar-refractivity contribution in [3.05, 3.63) is 50.6 Å². The number of halogens is 3. The second-order valence-electron chi connectivity index (χ2n) is 4.49. The van der Waals surface area contributed by atoms with E-state index in [2.05, 4.69) is 39.0 Å². The zero-order valence-electron chi connectivity index (χ0n) is 11.5. The average Bonchev–Trinajstić information content (AvgIpc) is 2.96. The highest BCUT2D eigenvalue weighted by Gasteiger charge is 2.13. The third kappa shape index (κ3) is 4.76. The van der Waals surface area contributed by atoms with E-state index in [1.165, 1.54) is 4.88 Å². The number of benzene rings is 1. The largest absolute Gasteiger partial charge is 0.434 e. The van der Waals surface area contributed by atoms with E-state index in [-0.39, 0.29) is 11.8 Å². The summed E-state index contributed by atoms with van der Waals surface area (Å²) in [5.41, 5.74) is 0.708. The Balaban J connectivity index is 2.09. The summed E-state index contributed by atoms with van der Waals surface area (Å²) in [6.45, 7) is -0.253. The molecule has 0 spiro atoms. The maximum Gasteiger partial charge on any atom is 0.387 e. The minimum Gasteiger partial charge on any atom is -0.434 e. The first-order valence-electron chi connectivity index (χ1n) is 6.60. The first kappa shape index (κ1) is 16.4. The van der Waals surface area contributed by atoms with Crippen molar-refractivity contribution in [1.82, 2.24) is 5.32 Å². The van der Waals surface area contributed by atoms with Crippen LogP contribution in [-0.4, -0.2) is 6.61 Å². The van der Waals surface area contributed by atoms with Crippen molar-refractivity contribution in [2.24, 2.45) is 0 Å². The lowest BCUT2D eigenvalue weighted by Crippen LogP contribution is -2.20. The molecule has 0 saturated carbocycles. The van der Waals surface area contributed by atoms with Crippen LogP contribution in [0.5, 0.6) is 5.75 Å². The Labute approximate surface area is 135 Å². The van der Waals surface area contributed by atoms with Crippen LogP contribution in [0.3, 0.4) is 0 Å². The maximum atomic E-state index is 12.4. The highest BCUT2D eigenvalue weighted by atomic mass is 79.9. The molecule has 21 heavy (non-hydrogen) atoms. The predicted octanol–water partition coefficient (Wildman–Crippen LogP) is 5.35. The van der Waals surface area contributed by atoms with E-state index in [1.54, 1.807) is 29.5 Å². The first-order chi connectivity index (χ1) is 10.1. The predicted molar refractivity (Wildman–Crippen MR) is 85.0 cm³/mol. The third-order valence-corrected chi connectivity index (χ3v) is 4.55. The van der Waals surface area contributed by atoms with Gasteiger partial charge in [-0.05, 0) is 36.1 Å². The molecule has 0 saturated heterocycles. The summed E-state index contributed by atoms with van der Waals surface area (Å²) in [6.07, 6.45) is 0.930. The van der Waals surface area contributed by atoms with Crippen LogP contribution >= 0.6 is 27.3 Å². The normalized spacial score (nSPS) is 12.6. The second kappa shape index (κ2) is 7.87. The van der Waals surface area contributed by atoms with Crippen LogP contribution in [0.1, 0.15) is 29.8 Å². The number of hydrogen-bond donors (Lipinski definition) is 1. The molecular formula is C15H16BrF2NOS. The molecule has 0 fully saturated rings. The zero-order valence-corrected chi connectivity index (χ0v) is 13.9. The fraction of sp³-hybridized carbons (Fsp3) is 0.333. The second-order valence-corrected chi connectivity index (χ2v) is 6.38. The highest BCUT2D eigenvalue weighted by molar-refractivity contribution is 9.10. The maximum absolute atomic E-state index is 12.4. The molecule has 1 N–H and O–H groups in total. The van der Waals surface area contributed by atoms with Gasteiger partial charge in [-0.1, -0.05) is 28.9 Å². The van der Waals surface area contributed by atoms with E-state index in [9.17, 15) is 8.78 Å². The molecule has 0 aliphatic rings. The van der Waals surface area contributed by atoms with Gasteiger partial charge in [-0.15, -0.1) is 11.3 Å². The molecule has 1 unspecified atom stereocenters. The van der Waals surface area contributed by atoms with Crippen molar-refractivity contribution < 1.29 is 13.5 Å². The Bertz CT molecular complexity index is 563. The van der Waals surface area contributed by atoms with Gasteiger partial charge >= 0.3 is 6.61 Å². The standard InChI is InChI=1S/C15H16BrF2NOS/c1-2-12(14-4-3-7-21-14)19-9-10-8-11(16)5-6-13(10)20-15(17)18/h3-8,12,15,19H,2,9H2,1H3. The minimum absolute atomic E-state index is 0.210. The molecule has 2 nitrogen and oxygen atoms in total. The summed E-state index contributed by atoms with van der Waals surface area (Å²) in [5.74, 6) is 0.210. The number of thiophene rings is 1. The first-order valence-corrected chi connectivity index (χ1v) is 8.27. The fourth-order valence-electron chi connectivity index (χ4n) is 2.07. The monoisotopic (exact) mass is 375 g/mol. The molecule has 0 aliphatic carbocycles. The van der Waals surface area contributed by atoms with Crippen LogP contribution in [0.4, 0.5) is 8.78 Å². The van der Waals surface area contributed by atoms with Gasteiger partial charge in [0, 0.05) is 27.5 Å². The van der Waals surface area contributed by atoms with Crippen LogP contribution in [0, 0.1) is 0 Å². The summed E-state index contributed by atoms with van der Waals surface area (Å²) in [5, 5.41) is 5.43. The van der Waals surface area contributed by atoms with Crippen LogP contribution in [-0.2, 0) is 6.54 Å². The summed E-state index contributed by atoms with van der Waals surface area (Å²) in [6, 6.07) is 9.34. The molecule has 1 atom stereocenters. The molecule has 1 heterocycles. The summed E-state index contributed by atoms with van der Waals surface area (Å²) in [7, 11) is 0. The van der Waals surface area contributed by atoms with E-state index >= 15 is 0 Å². The lowest BCUT2D eigenvalue weighted by molar-refractivity contribution is -0.0505. The molecule has 2 rings (SSSR count). The van der Waals surface area contributed by atoms with Gasteiger partial charge < -0.3 is 10.1 Å². The Kier molecular flexibility index (Phi) is 6.14. The molecule has 6 heteroatoms. The Morgan fingerprint density at radius 1 is 1.33 bits per heavy atom. The Hall–Kier alpha value is -0.980. The van der Waals surface area contributed by atoms with Crippen molar-refractivity contribution in [3.63, 3.8) is 0 Å². The molecule has 0 radical (unpaired) electrons. The number of ether oxygens (including phenoxy) is 1. The van der Waals surface area contributed by atoms with Gasteiger partial charge in [-0.2, -0.15) is 8.78 Å². The molecule has 114 valence electrons. The van der Waals surface area contributed by atoms with Gasteiger partial charge in [0.2, 0.25) is 0 Å². The zero-order chi connectivity index (χ0) is 15.2. The Morgan fingerprint density at radius 3 is 2.76 bits per heavy atom. The van der Waals surface area contributed by atoms with Crippen LogP contribution in [0.25, 0.3) is 0 Å². The number of nitrogens with one attached hydrogen (secondary N) is 1. The lowest BCUT2D eigenvalue weighted by atomic mass is 10.1. The van der Waals surface area contributed by atoms with Crippen molar-refractivity contribution in [1.29, 1.82) is 0 Å². The molecule has 0 bridgehead atoms. The van der Waals surface area contributed by atoms with Gasteiger partial charge in [-0.25, -0.2) is 0 Å². The summed E-state index contributed by atoms with van der Waals surface area (Å²) >= 11 is 5.04. The Morgan fingerprint density at radius 2 is 2.14 bits per heavy atom. The average molecular weight is 376 g/mol. The quantitative estimate of drug-likeness (QED) is 0.703. The van der Waals surface area contributed by atoms with E-state index in [0.717, 1.165) is 10.9 Å². The van der Waals surface area contributed by atoms with Crippen LogP contribution in [0.15, 0.2) is 40.2 Å². The lowest BCUT2D eigenvalue weighted by Gasteiger charge is -2.17. The molecule has 1 aromatic heterocycles. The van der Waals surface area contributed by atoms with Crippen molar-refractivity contribution in [3.8, 4) is 5.75 Å². The van der Waals surface area contributed by atoms with Gasteiger partial charge in [0.05, 0.1) is 0 Å². The van der Waals surface area contributed by atoms with E-state index in [1.807, 2.05) is 11.4 Å². The van der Waals surface area contributed by atoms with Gasteiger partial charge in [-0.3, -0.25) is 0 Å².